The molecule has 0 aromatic heterocycles. The van der Waals surface area contributed by atoms with Crippen LogP contribution >= 0.6 is 0 Å². The predicted octanol–water partition coefficient (Wildman–Crippen LogP) is 6.18. The number of amides is 2. The minimum atomic E-state index is -2.19. The molecule has 1 heterocycles. The fraction of sp³-hybridized carbons (Fsp3) is 0.667. The van der Waals surface area contributed by atoms with Crippen molar-refractivity contribution in [3.63, 3.8) is 0 Å². The molecule has 2 rings (SSSR count). The number of hydrogen-bond donors (Lipinski definition) is 0. The molecule has 1 saturated heterocycles. The third-order valence-electron chi connectivity index (χ3n) is 6.54. The third kappa shape index (κ3) is 4.66. The average molecular weight is 418 g/mol. The molecule has 0 saturated carbocycles. The van der Waals surface area contributed by atoms with Gasteiger partial charge in [0.05, 0.1) is 6.04 Å². The van der Waals surface area contributed by atoms with E-state index in [1.807, 2.05) is 18.2 Å². The quantitative estimate of drug-likeness (QED) is 0.198. The molecule has 1 aliphatic heterocycles. The molecule has 5 heteroatoms. The lowest BCUT2D eigenvalue weighted by Gasteiger charge is -2.52. The largest absolute Gasteiger partial charge is 0.402 e. The van der Waals surface area contributed by atoms with E-state index in [0.717, 1.165) is 25.7 Å². The van der Waals surface area contributed by atoms with Gasteiger partial charge in [-0.05, 0) is 35.2 Å². The van der Waals surface area contributed by atoms with Gasteiger partial charge in [0.25, 0.3) is 11.8 Å². The van der Waals surface area contributed by atoms with Crippen molar-refractivity contribution in [3.8, 4) is 0 Å². The Balaban J connectivity index is 2.30. The number of carbonyl (C=O) groups excluding carboxylic acids is 2. The van der Waals surface area contributed by atoms with Crippen molar-refractivity contribution < 1.29 is 14.0 Å². The highest BCUT2D eigenvalue weighted by atomic mass is 28.4. The first kappa shape index (κ1) is 23.8. The van der Waals surface area contributed by atoms with Crippen molar-refractivity contribution in [2.24, 2.45) is 0 Å². The summed E-state index contributed by atoms with van der Waals surface area (Å²) in [4.78, 5) is 27.7. The minimum absolute atomic E-state index is 0.148. The molecule has 29 heavy (non-hydrogen) atoms. The fourth-order valence-electron chi connectivity index (χ4n) is 5.13. The molecule has 1 aromatic carbocycles. The second-order valence-electron chi connectivity index (χ2n) is 9.30. The number of rotatable bonds is 10. The summed E-state index contributed by atoms with van der Waals surface area (Å²) < 4.78 is 6.83. The van der Waals surface area contributed by atoms with Gasteiger partial charge in [-0.15, -0.1) is 0 Å². The summed E-state index contributed by atoms with van der Waals surface area (Å²) in [6.45, 7) is 15.6. The summed E-state index contributed by atoms with van der Waals surface area (Å²) in [6, 6.07) is 8.97. The van der Waals surface area contributed by atoms with Crippen LogP contribution in [0.2, 0.25) is 16.6 Å². The summed E-state index contributed by atoms with van der Waals surface area (Å²) in [5.41, 5.74) is 1.79. The van der Waals surface area contributed by atoms with Crippen molar-refractivity contribution in [2.45, 2.75) is 103 Å². The van der Waals surface area contributed by atoms with Crippen LogP contribution in [0.1, 0.15) is 84.5 Å². The van der Waals surface area contributed by atoms with Crippen molar-refractivity contribution in [2.75, 3.05) is 0 Å². The molecule has 0 spiro atoms. The lowest BCUT2D eigenvalue weighted by atomic mass is 9.91. The molecule has 1 aromatic rings. The molecule has 1 fully saturated rings. The normalized spacial score (nSPS) is 19.9. The smallest absolute Gasteiger partial charge is 0.260 e. The van der Waals surface area contributed by atoms with E-state index < -0.39 is 14.4 Å². The first-order valence-electron chi connectivity index (χ1n) is 11.3. The van der Waals surface area contributed by atoms with E-state index in [4.69, 9.17) is 4.43 Å². The zero-order valence-corrected chi connectivity index (χ0v) is 20.3. The van der Waals surface area contributed by atoms with Crippen LogP contribution in [0.3, 0.4) is 0 Å². The summed E-state index contributed by atoms with van der Waals surface area (Å²) in [5.74, 6) is -0.345. The number of imide groups is 1. The van der Waals surface area contributed by atoms with Gasteiger partial charge in [0.15, 0.2) is 0 Å². The zero-order valence-electron chi connectivity index (χ0n) is 19.3. The summed E-state index contributed by atoms with van der Waals surface area (Å²) >= 11 is 0. The SMILES string of the molecule is CCCCC[C@H]1[C@@H](O[Si](C(C)C)(C(C)C)C(C)C)C(=O)N1C(=O)c1ccccc1. The number of benzene rings is 1. The first-order valence-corrected chi connectivity index (χ1v) is 13.4. The Kier molecular flexibility index (Phi) is 8.24. The number of unbranched alkanes of at least 4 members (excludes halogenated alkanes) is 2. The molecule has 0 radical (unpaired) electrons. The predicted molar refractivity (Wildman–Crippen MR) is 121 cm³/mol. The number of β-lactam (4-membered cyclic amide) rings is 1. The Labute approximate surface area is 178 Å². The van der Waals surface area contributed by atoms with Crippen LogP contribution < -0.4 is 0 Å². The zero-order chi connectivity index (χ0) is 21.8. The van der Waals surface area contributed by atoms with E-state index in [1.165, 1.54) is 4.90 Å². The number of nitrogens with zero attached hydrogens (tertiary/aromatic N) is 1. The number of hydrogen-bond acceptors (Lipinski definition) is 3. The maximum absolute atomic E-state index is 13.2. The van der Waals surface area contributed by atoms with Crippen molar-refractivity contribution in [3.05, 3.63) is 35.9 Å². The molecule has 162 valence electrons. The van der Waals surface area contributed by atoms with Crippen LogP contribution in [-0.4, -0.2) is 37.2 Å². The second-order valence-corrected chi connectivity index (χ2v) is 14.7. The standard InChI is InChI=1S/C24H39NO3Si/c1-8-9-11-16-21-22(28-29(17(2)3,18(4)5)19(6)7)24(27)25(21)23(26)20-14-12-10-13-15-20/h10,12-15,17-19,21-22H,8-9,11,16H2,1-7H3/t21-,22+/m0/s1. The maximum atomic E-state index is 13.2. The van der Waals surface area contributed by atoms with E-state index >= 15 is 0 Å². The van der Waals surface area contributed by atoms with Crippen molar-refractivity contribution in [1.29, 1.82) is 0 Å². The van der Waals surface area contributed by atoms with Gasteiger partial charge in [-0.1, -0.05) is 85.9 Å². The molecule has 0 unspecified atom stereocenters. The van der Waals surface area contributed by atoms with Crippen LogP contribution in [-0.2, 0) is 9.22 Å². The van der Waals surface area contributed by atoms with Gasteiger partial charge in [-0.2, -0.15) is 0 Å². The Morgan fingerprint density at radius 2 is 1.55 bits per heavy atom. The molecular formula is C24H39NO3Si. The molecule has 4 nitrogen and oxygen atoms in total. The third-order valence-corrected chi connectivity index (χ3v) is 12.6. The van der Waals surface area contributed by atoms with Gasteiger partial charge in [0.1, 0.15) is 6.10 Å². The lowest BCUT2D eigenvalue weighted by molar-refractivity contribution is -0.159. The second kappa shape index (κ2) is 10.0. The van der Waals surface area contributed by atoms with E-state index in [1.54, 1.807) is 12.1 Å². The van der Waals surface area contributed by atoms with Gasteiger partial charge < -0.3 is 4.43 Å². The van der Waals surface area contributed by atoms with Gasteiger partial charge in [0.2, 0.25) is 8.32 Å². The first-order chi connectivity index (χ1) is 13.7. The fourth-order valence-corrected chi connectivity index (χ4v) is 10.6. The lowest BCUT2D eigenvalue weighted by Crippen LogP contribution is -2.70. The number of likely N-dealkylation sites (tertiary alicyclic amines) is 1. The van der Waals surface area contributed by atoms with Gasteiger partial charge in [-0.3, -0.25) is 14.5 Å². The summed E-state index contributed by atoms with van der Waals surface area (Å²) in [7, 11) is -2.19. The topological polar surface area (TPSA) is 46.6 Å². The maximum Gasteiger partial charge on any atom is 0.260 e. The van der Waals surface area contributed by atoms with Crippen LogP contribution in [0, 0.1) is 0 Å². The van der Waals surface area contributed by atoms with E-state index in [9.17, 15) is 9.59 Å². The Hall–Kier alpha value is -1.46. The molecular weight excluding hydrogens is 378 g/mol. The van der Waals surface area contributed by atoms with Crippen molar-refractivity contribution in [1.82, 2.24) is 4.90 Å². The summed E-state index contributed by atoms with van der Waals surface area (Å²) in [5, 5.41) is 0. The highest BCUT2D eigenvalue weighted by molar-refractivity contribution is 6.77. The molecule has 0 aliphatic carbocycles. The molecule has 2 atom stereocenters. The molecule has 1 aliphatic rings. The molecule has 2 amide bonds. The Bertz CT molecular complexity index is 665. The van der Waals surface area contributed by atoms with E-state index in [2.05, 4.69) is 48.5 Å². The molecule has 0 bridgehead atoms. The van der Waals surface area contributed by atoms with Gasteiger partial charge >= 0.3 is 0 Å². The van der Waals surface area contributed by atoms with Crippen LogP contribution in [0.4, 0.5) is 0 Å². The van der Waals surface area contributed by atoms with Crippen LogP contribution in [0.25, 0.3) is 0 Å². The Morgan fingerprint density at radius 3 is 2.03 bits per heavy atom. The van der Waals surface area contributed by atoms with Crippen LogP contribution in [0.15, 0.2) is 30.3 Å². The van der Waals surface area contributed by atoms with E-state index in [-0.39, 0.29) is 17.9 Å². The minimum Gasteiger partial charge on any atom is -0.402 e. The Morgan fingerprint density at radius 1 is 1.00 bits per heavy atom. The van der Waals surface area contributed by atoms with Crippen molar-refractivity contribution >= 4 is 20.1 Å². The van der Waals surface area contributed by atoms with E-state index in [0.29, 0.717) is 22.2 Å². The van der Waals surface area contributed by atoms with Gasteiger partial charge in [0, 0.05) is 5.56 Å². The van der Waals surface area contributed by atoms with Crippen LogP contribution in [0.5, 0.6) is 0 Å². The number of carbonyl (C=O) groups is 2. The van der Waals surface area contributed by atoms with Gasteiger partial charge in [-0.25, -0.2) is 0 Å². The highest BCUT2D eigenvalue weighted by Crippen LogP contribution is 2.45. The highest BCUT2D eigenvalue weighted by Gasteiger charge is 2.56. The monoisotopic (exact) mass is 417 g/mol. The summed E-state index contributed by atoms with van der Waals surface area (Å²) in [6.07, 6.45) is 3.57. The average Bonchev–Trinajstić information content (AvgIpc) is 2.67. The molecule has 0 N–H and O–H groups in total.